The zero-order valence-corrected chi connectivity index (χ0v) is 11.7. The van der Waals surface area contributed by atoms with Crippen LogP contribution >= 0.6 is 11.3 Å². The molecule has 1 aromatic carbocycles. The SMILES string of the molecule is Nc1nc(-c2ccc(CS(=O)(=O)CCO)cc2)cs1. The van der Waals surface area contributed by atoms with Crippen LogP contribution in [-0.2, 0) is 15.6 Å². The summed E-state index contributed by atoms with van der Waals surface area (Å²) in [7, 11) is -3.24. The summed E-state index contributed by atoms with van der Waals surface area (Å²) >= 11 is 1.36. The maximum atomic E-state index is 11.6. The molecular weight excluding hydrogens is 284 g/mol. The number of anilines is 1. The van der Waals surface area contributed by atoms with Crippen molar-refractivity contribution in [1.82, 2.24) is 4.98 Å². The van der Waals surface area contributed by atoms with Gasteiger partial charge in [-0.15, -0.1) is 11.3 Å². The first-order chi connectivity index (χ1) is 9.00. The number of thiazole rings is 1. The van der Waals surface area contributed by atoms with E-state index in [1.807, 2.05) is 17.5 Å². The highest BCUT2D eigenvalue weighted by Crippen LogP contribution is 2.23. The highest BCUT2D eigenvalue weighted by atomic mass is 32.2. The summed E-state index contributed by atoms with van der Waals surface area (Å²) in [5.41, 5.74) is 7.95. The molecule has 0 spiro atoms. The standard InChI is InChI=1S/C12H14N2O3S2/c13-12-14-11(7-18-12)10-3-1-9(2-4-10)8-19(16,17)6-5-15/h1-4,7,15H,5-6,8H2,(H2,13,14). The number of benzene rings is 1. The third kappa shape index (κ3) is 3.76. The molecule has 2 aromatic rings. The molecule has 0 amide bonds. The Hall–Kier alpha value is -1.44. The second-order valence-electron chi connectivity index (χ2n) is 4.08. The maximum Gasteiger partial charge on any atom is 0.180 e. The van der Waals surface area contributed by atoms with E-state index in [2.05, 4.69) is 4.98 Å². The van der Waals surface area contributed by atoms with Gasteiger partial charge < -0.3 is 10.8 Å². The molecule has 7 heteroatoms. The van der Waals surface area contributed by atoms with Crippen LogP contribution in [0.15, 0.2) is 29.6 Å². The number of aliphatic hydroxyl groups excluding tert-OH is 1. The Morgan fingerprint density at radius 2 is 1.95 bits per heavy atom. The molecule has 0 fully saturated rings. The van der Waals surface area contributed by atoms with Crippen molar-refractivity contribution in [3.63, 3.8) is 0 Å². The molecule has 0 bridgehead atoms. The van der Waals surface area contributed by atoms with E-state index < -0.39 is 9.84 Å². The summed E-state index contributed by atoms with van der Waals surface area (Å²) in [5.74, 6) is -0.273. The quantitative estimate of drug-likeness (QED) is 0.868. The summed E-state index contributed by atoms with van der Waals surface area (Å²) in [6.45, 7) is -0.349. The molecule has 102 valence electrons. The Balaban J connectivity index is 2.15. The van der Waals surface area contributed by atoms with Crippen molar-refractivity contribution in [2.45, 2.75) is 5.75 Å². The van der Waals surface area contributed by atoms with Gasteiger partial charge in [0.05, 0.1) is 23.8 Å². The van der Waals surface area contributed by atoms with Crippen molar-refractivity contribution in [1.29, 1.82) is 0 Å². The lowest BCUT2D eigenvalue weighted by Gasteiger charge is -2.03. The minimum absolute atomic E-state index is 0.0625. The van der Waals surface area contributed by atoms with E-state index in [1.165, 1.54) is 11.3 Å². The van der Waals surface area contributed by atoms with Crippen LogP contribution in [0.3, 0.4) is 0 Å². The Labute approximate surface area is 115 Å². The van der Waals surface area contributed by atoms with Gasteiger partial charge in [0.15, 0.2) is 15.0 Å². The molecule has 19 heavy (non-hydrogen) atoms. The number of aliphatic hydroxyl groups is 1. The van der Waals surface area contributed by atoms with E-state index in [0.29, 0.717) is 10.7 Å². The van der Waals surface area contributed by atoms with Crippen molar-refractivity contribution in [2.24, 2.45) is 0 Å². The molecule has 0 atom stereocenters. The minimum Gasteiger partial charge on any atom is -0.395 e. The molecule has 0 saturated carbocycles. The molecule has 0 unspecified atom stereocenters. The molecule has 0 aliphatic rings. The predicted octanol–water partition coefficient (Wildman–Crippen LogP) is 1.30. The zero-order valence-electron chi connectivity index (χ0n) is 10.1. The molecule has 1 heterocycles. The predicted molar refractivity (Wildman–Crippen MR) is 76.5 cm³/mol. The van der Waals surface area contributed by atoms with Gasteiger partial charge in [-0.05, 0) is 5.56 Å². The zero-order chi connectivity index (χ0) is 13.9. The number of rotatable bonds is 5. The molecule has 1 aromatic heterocycles. The summed E-state index contributed by atoms with van der Waals surface area (Å²) in [6, 6.07) is 7.14. The Kier molecular flexibility index (Phi) is 4.18. The number of nitrogen functional groups attached to an aromatic ring is 1. The number of nitrogens with two attached hydrogens (primary N) is 1. The van der Waals surface area contributed by atoms with Crippen molar-refractivity contribution < 1.29 is 13.5 Å². The van der Waals surface area contributed by atoms with Gasteiger partial charge in [0, 0.05) is 10.9 Å². The number of aromatic nitrogens is 1. The van der Waals surface area contributed by atoms with Crippen LogP contribution in [0.25, 0.3) is 11.3 Å². The molecule has 0 saturated heterocycles. The highest BCUT2D eigenvalue weighted by Gasteiger charge is 2.11. The van der Waals surface area contributed by atoms with Gasteiger partial charge >= 0.3 is 0 Å². The highest BCUT2D eigenvalue weighted by molar-refractivity contribution is 7.90. The maximum absolute atomic E-state index is 11.6. The summed E-state index contributed by atoms with van der Waals surface area (Å²) < 4.78 is 23.1. The van der Waals surface area contributed by atoms with E-state index in [0.717, 1.165) is 11.3 Å². The monoisotopic (exact) mass is 298 g/mol. The normalized spacial score (nSPS) is 11.6. The molecule has 0 aliphatic carbocycles. The average molecular weight is 298 g/mol. The Bertz CT molecular complexity index is 648. The van der Waals surface area contributed by atoms with Crippen LogP contribution in [0, 0.1) is 0 Å². The lowest BCUT2D eigenvalue weighted by molar-refractivity contribution is 0.319. The molecule has 5 nitrogen and oxygen atoms in total. The Morgan fingerprint density at radius 3 is 2.47 bits per heavy atom. The number of sulfone groups is 1. The molecule has 3 N–H and O–H groups in total. The average Bonchev–Trinajstić information content (AvgIpc) is 2.76. The van der Waals surface area contributed by atoms with E-state index in [1.54, 1.807) is 12.1 Å². The molecule has 0 aliphatic heterocycles. The van der Waals surface area contributed by atoms with Crippen molar-refractivity contribution in [3.8, 4) is 11.3 Å². The summed E-state index contributed by atoms with van der Waals surface area (Å²) in [6.07, 6.45) is 0. The fourth-order valence-corrected chi connectivity index (χ4v) is 3.35. The second kappa shape index (κ2) is 5.68. The molecule has 0 radical (unpaired) electrons. The first kappa shape index (κ1) is 14.0. The van der Waals surface area contributed by atoms with E-state index in [4.69, 9.17) is 10.8 Å². The third-order valence-electron chi connectivity index (χ3n) is 2.56. The second-order valence-corrected chi connectivity index (χ2v) is 7.16. The van der Waals surface area contributed by atoms with E-state index in [-0.39, 0.29) is 18.1 Å². The largest absolute Gasteiger partial charge is 0.395 e. The van der Waals surface area contributed by atoms with E-state index >= 15 is 0 Å². The van der Waals surface area contributed by atoms with Crippen molar-refractivity contribution >= 4 is 26.3 Å². The van der Waals surface area contributed by atoms with Crippen LogP contribution in [0.2, 0.25) is 0 Å². The van der Waals surface area contributed by atoms with Crippen LogP contribution < -0.4 is 5.73 Å². The Morgan fingerprint density at radius 1 is 1.26 bits per heavy atom. The first-order valence-corrected chi connectivity index (χ1v) is 8.32. The van der Waals surface area contributed by atoms with E-state index in [9.17, 15) is 8.42 Å². The van der Waals surface area contributed by atoms with Gasteiger partial charge in [0.1, 0.15) is 0 Å². The summed E-state index contributed by atoms with van der Waals surface area (Å²) in [4.78, 5) is 4.16. The number of hydrogen-bond acceptors (Lipinski definition) is 6. The first-order valence-electron chi connectivity index (χ1n) is 5.62. The minimum atomic E-state index is -3.24. The van der Waals surface area contributed by atoms with Gasteiger partial charge in [0.25, 0.3) is 0 Å². The molecular formula is C12H14N2O3S2. The van der Waals surface area contributed by atoms with Crippen LogP contribution in [0.4, 0.5) is 5.13 Å². The number of hydrogen-bond donors (Lipinski definition) is 2. The fourth-order valence-electron chi connectivity index (χ4n) is 1.66. The van der Waals surface area contributed by atoms with Gasteiger partial charge in [-0.3, -0.25) is 0 Å². The van der Waals surface area contributed by atoms with Gasteiger partial charge in [-0.1, -0.05) is 24.3 Å². The third-order valence-corrected chi connectivity index (χ3v) is 4.81. The fraction of sp³-hybridized carbons (Fsp3) is 0.250. The lowest BCUT2D eigenvalue weighted by Crippen LogP contribution is -2.12. The smallest absolute Gasteiger partial charge is 0.180 e. The van der Waals surface area contributed by atoms with Crippen molar-refractivity contribution in [3.05, 3.63) is 35.2 Å². The van der Waals surface area contributed by atoms with Gasteiger partial charge in [0.2, 0.25) is 0 Å². The lowest BCUT2D eigenvalue weighted by atomic mass is 10.1. The van der Waals surface area contributed by atoms with Gasteiger partial charge in [-0.2, -0.15) is 0 Å². The van der Waals surface area contributed by atoms with Gasteiger partial charge in [-0.25, -0.2) is 13.4 Å². The van der Waals surface area contributed by atoms with Crippen LogP contribution in [-0.4, -0.2) is 30.9 Å². The molecule has 2 rings (SSSR count). The van der Waals surface area contributed by atoms with Crippen molar-refractivity contribution in [2.75, 3.05) is 18.1 Å². The number of nitrogens with zero attached hydrogens (tertiary/aromatic N) is 1. The van der Waals surface area contributed by atoms with Crippen LogP contribution in [0.1, 0.15) is 5.56 Å². The topological polar surface area (TPSA) is 93.3 Å². The van der Waals surface area contributed by atoms with Crippen LogP contribution in [0.5, 0.6) is 0 Å². The summed E-state index contributed by atoms with van der Waals surface area (Å²) in [5, 5.41) is 11.0.